The molecule has 126 valence electrons. The first-order chi connectivity index (χ1) is 9.68. The molecule has 1 saturated carbocycles. The Bertz CT molecular complexity index is 494. The van der Waals surface area contributed by atoms with Crippen LogP contribution < -0.4 is 5.32 Å². The third-order valence-electron chi connectivity index (χ3n) is 4.55. The largest absolute Gasteiger partial charge is 0.506 e. The van der Waals surface area contributed by atoms with Crippen LogP contribution in [0.4, 0.5) is 0 Å². The number of benzene rings is 1. The molecule has 1 saturated heterocycles. The van der Waals surface area contributed by atoms with Gasteiger partial charge in [0.05, 0.1) is 5.02 Å². The molecule has 3 nitrogen and oxygen atoms in total. The summed E-state index contributed by atoms with van der Waals surface area (Å²) in [7, 11) is 0. The molecule has 0 unspecified atom stereocenters. The lowest BCUT2D eigenvalue weighted by Crippen LogP contribution is -2.48. The molecule has 1 heterocycles. The molecule has 3 rings (SSSR count). The van der Waals surface area contributed by atoms with E-state index in [-0.39, 0.29) is 36.6 Å². The van der Waals surface area contributed by atoms with Crippen molar-refractivity contribution in [2.45, 2.75) is 25.3 Å². The second kappa shape index (κ2) is 8.95. The first-order valence-corrected chi connectivity index (χ1v) is 8.47. The summed E-state index contributed by atoms with van der Waals surface area (Å²) in [5, 5.41) is 14.3. The fourth-order valence-electron chi connectivity index (χ4n) is 3.27. The van der Waals surface area contributed by atoms with Crippen LogP contribution in [0.15, 0.2) is 16.6 Å². The summed E-state index contributed by atoms with van der Waals surface area (Å²) in [6.07, 6.45) is 3.78. The Balaban J connectivity index is 0.00000121. The highest BCUT2D eigenvalue weighted by Crippen LogP contribution is 2.48. The number of phenols is 1. The summed E-state index contributed by atoms with van der Waals surface area (Å²) in [4.78, 5) is 2.50. The number of nitrogens with zero attached hydrogens (tertiary/aromatic N) is 1. The van der Waals surface area contributed by atoms with Crippen LogP contribution in [0.1, 0.15) is 30.9 Å². The van der Waals surface area contributed by atoms with Gasteiger partial charge in [-0.2, -0.15) is 0 Å². The van der Waals surface area contributed by atoms with Crippen LogP contribution in [0.25, 0.3) is 0 Å². The van der Waals surface area contributed by atoms with E-state index < -0.39 is 0 Å². The maximum atomic E-state index is 10.4. The summed E-state index contributed by atoms with van der Waals surface area (Å²) in [5.74, 6) is 0.880. The molecule has 22 heavy (non-hydrogen) atoms. The van der Waals surface area contributed by atoms with E-state index in [4.69, 9.17) is 11.6 Å². The van der Waals surface area contributed by atoms with E-state index in [2.05, 4.69) is 26.1 Å². The number of halogens is 4. The van der Waals surface area contributed by atoms with E-state index in [9.17, 15) is 5.11 Å². The lowest BCUT2D eigenvalue weighted by Gasteiger charge is -2.43. The van der Waals surface area contributed by atoms with Crippen molar-refractivity contribution in [1.82, 2.24) is 10.2 Å². The smallest absolute Gasteiger partial charge is 0.140 e. The van der Waals surface area contributed by atoms with Crippen molar-refractivity contribution in [2.24, 2.45) is 5.92 Å². The molecule has 1 aromatic rings. The van der Waals surface area contributed by atoms with Crippen molar-refractivity contribution in [3.8, 4) is 5.75 Å². The number of phenolic OH excluding ortho intramolecular Hbond substituents is 1. The minimum Gasteiger partial charge on any atom is -0.506 e. The Morgan fingerprint density at radius 1 is 1.23 bits per heavy atom. The third-order valence-corrected chi connectivity index (χ3v) is 5.55. The standard InChI is InChI=1S/C15H20BrClN2O.2ClH/c16-11-4-5-12(17)15(20)13(11)14(10-2-1-3-10)19-8-6-18-7-9-19;;/h4-5,10,14,18,20H,1-3,6-9H2;2*1H/t14-;;/m1../s1. The molecule has 0 amide bonds. The molecule has 1 atom stereocenters. The second-order valence-electron chi connectivity index (χ2n) is 5.71. The number of piperazine rings is 1. The van der Waals surface area contributed by atoms with Gasteiger partial charge in [0.15, 0.2) is 0 Å². The number of aromatic hydroxyl groups is 1. The first-order valence-electron chi connectivity index (χ1n) is 7.30. The lowest BCUT2D eigenvalue weighted by atomic mass is 9.76. The molecule has 1 aliphatic carbocycles. The van der Waals surface area contributed by atoms with Gasteiger partial charge in [-0.05, 0) is 30.9 Å². The predicted molar refractivity (Wildman–Crippen MR) is 99.8 cm³/mol. The lowest BCUT2D eigenvalue weighted by molar-refractivity contribution is 0.0814. The van der Waals surface area contributed by atoms with E-state index >= 15 is 0 Å². The second-order valence-corrected chi connectivity index (χ2v) is 6.97. The van der Waals surface area contributed by atoms with Crippen LogP contribution in [0, 0.1) is 5.92 Å². The monoisotopic (exact) mass is 430 g/mol. The van der Waals surface area contributed by atoms with E-state index in [0.29, 0.717) is 10.9 Å². The summed E-state index contributed by atoms with van der Waals surface area (Å²) in [6, 6.07) is 3.98. The van der Waals surface area contributed by atoms with Crippen LogP contribution in [0.5, 0.6) is 5.75 Å². The fourth-order valence-corrected chi connectivity index (χ4v) is 3.99. The average Bonchev–Trinajstić information content (AvgIpc) is 2.41. The van der Waals surface area contributed by atoms with Gasteiger partial charge in [0.2, 0.25) is 0 Å². The van der Waals surface area contributed by atoms with Crippen LogP contribution in [-0.4, -0.2) is 36.2 Å². The number of hydrogen-bond acceptors (Lipinski definition) is 3. The Morgan fingerprint density at radius 3 is 2.41 bits per heavy atom. The van der Waals surface area contributed by atoms with E-state index in [1.54, 1.807) is 6.07 Å². The quantitative estimate of drug-likeness (QED) is 0.743. The van der Waals surface area contributed by atoms with Crippen LogP contribution in [0.3, 0.4) is 0 Å². The first kappa shape index (κ1) is 20.3. The van der Waals surface area contributed by atoms with E-state index in [1.165, 1.54) is 19.3 Å². The maximum absolute atomic E-state index is 10.4. The number of nitrogens with one attached hydrogen (secondary N) is 1. The van der Waals surface area contributed by atoms with Gasteiger partial charge in [0.1, 0.15) is 5.75 Å². The molecule has 1 aromatic carbocycles. The Kier molecular flexibility index (Phi) is 8.27. The third kappa shape index (κ3) is 4.03. The van der Waals surface area contributed by atoms with Gasteiger partial charge in [-0.15, -0.1) is 24.8 Å². The van der Waals surface area contributed by atoms with Crippen LogP contribution >= 0.6 is 52.3 Å². The van der Waals surface area contributed by atoms with Crippen molar-refractivity contribution in [3.63, 3.8) is 0 Å². The van der Waals surface area contributed by atoms with Gasteiger partial charge in [0, 0.05) is 42.3 Å². The zero-order chi connectivity index (χ0) is 14.1. The van der Waals surface area contributed by atoms with Gasteiger partial charge in [0.25, 0.3) is 0 Å². The van der Waals surface area contributed by atoms with E-state index in [0.717, 1.165) is 36.2 Å². The van der Waals surface area contributed by atoms with Gasteiger partial charge in [-0.25, -0.2) is 0 Å². The summed E-state index contributed by atoms with van der Waals surface area (Å²) in [6.45, 7) is 4.09. The predicted octanol–water partition coefficient (Wildman–Crippen LogP) is 4.40. The highest BCUT2D eigenvalue weighted by atomic mass is 79.9. The average molecular weight is 433 g/mol. The SMILES string of the molecule is Cl.Cl.Oc1c(Cl)ccc(Br)c1[C@@H](C1CCC1)N1CCNCC1. The van der Waals surface area contributed by atoms with Gasteiger partial charge >= 0.3 is 0 Å². The highest BCUT2D eigenvalue weighted by molar-refractivity contribution is 9.10. The molecule has 1 aliphatic heterocycles. The van der Waals surface area contributed by atoms with Crippen molar-refractivity contribution >= 4 is 52.3 Å². The van der Waals surface area contributed by atoms with Crippen molar-refractivity contribution in [3.05, 3.63) is 27.2 Å². The van der Waals surface area contributed by atoms with Gasteiger partial charge < -0.3 is 10.4 Å². The Labute approximate surface area is 157 Å². The molecule has 0 aromatic heterocycles. The molecule has 2 fully saturated rings. The molecular formula is C15H22BrCl3N2O. The topological polar surface area (TPSA) is 35.5 Å². The van der Waals surface area contributed by atoms with Crippen molar-refractivity contribution < 1.29 is 5.11 Å². The minimum atomic E-state index is 0. The maximum Gasteiger partial charge on any atom is 0.140 e. The van der Waals surface area contributed by atoms with Crippen LogP contribution in [0.2, 0.25) is 5.02 Å². The summed E-state index contributed by atoms with van der Waals surface area (Å²) >= 11 is 9.74. The molecular weight excluding hydrogens is 410 g/mol. The minimum absolute atomic E-state index is 0. The highest BCUT2D eigenvalue weighted by Gasteiger charge is 2.36. The molecule has 2 N–H and O–H groups in total. The number of hydrogen-bond donors (Lipinski definition) is 2. The van der Waals surface area contributed by atoms with Crippen LogP contribution in [-0.2, 0) is 0 Å². The normalized spacial score (nSPS) is 20.5. The van der Waals surface area contributed by atoms with Gasteiger partial charge in [-0.1, -0.05) is 34.0 Å². The van der Waals surface area contributed by atoms with Crippen molar-refractivity contribution in [1.29, 1.82) is 0 Å². The molecule has 2 aliphatic rings. The summed E-state index contributed by atoms with van der Waals surface area (Å²) in [5.41, 5.74) is 0.976. The van der Waals surface area contributed by atoms with Crippen molar-refractivity contribution in [2.75, 3.05) is 26.2 Å². The molecule has 7 heteroatoms. The molecule has 0 radical (unpaired) electrons. The summed E-state index contributed by atoms with van der Waals surface area (Å²) < 4.78 is 0.967. The fraction of sp³-hybridized carbons (Fsp3) is 0.600. The zero-order valence-electron chi connectivity index (χ0n) is 12.2. The Hall–Kier alpha value is 0.290. The zero-order valence-corrected chi connectivity index (χ0v) is 16.2. The Morgan fingerprint density at radius 2 is 1.86 bits per heavy atom. The molecule has 0 spiro atoms. The van der Waals surface area contributed by atoms with Gasteiger partial charge in [-0.3, -0.25) is 4.90 Å². The van der Waals surface area contributed by atoms with E-state index in [1.807, 2.05) is 6.07 Å². The molecule has 0 bridgehead atoms. The number of rotatable bonds is 3.